The van der Waals surface area contributed by atoms with Crippen molar-refractivity contribution >= 4 is 18.2 Å². The molecule has 4 saturated heterocycles. The van der Waals surface area contributed by atoms with Gasteiger partial charge in [0, 0.05) is 38.1 Å². The summed E-state index contributed by atoms with van der Waals surface area (Å²) >= 11 is 0. The van der Waals surface area contributed by atoms with Gasteiger partial charge in [0.25, 0.3) is 0 Å². The summed E-state index contributed by atoms with van der Waals surface area (Å²) in [6.07, 6.45) is -1.99. The second kappa shape index (κ2) is 22.7. The average molecular weight is 981 g/mol. The first kappa shape index (κ1) is 55.1. The summed E-state index contributed by atoms with van der Waals surface area (Å²) in [5, 5.41) is 36.0. The van der Waals surface area contributed by atoms with Gasteiger partial charge in [-0.15, -0.1) is 5.10 Å². The number of cyclic esters (lactones) is 1. The van der Waals surface area contributed by atoms with E-state index in [0.29, 0.717) is 31.1 Å². The molecule has 4 aliphatic heterocycles. The minimum absolute atomic E-state index is 0.0623. The van der Waals surface area contributed by atoms with Crippen LogP contribution in [0.25, 0.3) is 0 Å². The van der Waals surface area contributed by atoms with E-state index in [1.54, 1.807) is 27.7 Å². The van der Waals surface area contributed by atoms with Crippen LogP contribution in [0.1, 0.15) is 139 Å². The number of fused-ring (bicyclic) bond motifs is 1. The van der Waals surface area contributed by atoms with Crippen LogP contribution < -0.4 is 5.32 Å². The van der Waals surface area contributed by atoms with Crippen molar-refractivity contribution in [3.8, 4) is 0 Å². The topological polar surface area (TPSA) is 224 Å². The number of carbonyl (C=O) groups is 3. The molecule has 20 heteroatoms. The van der Waals surface area contributed by atoms with Crippen LogP contribution >= 0.6 is 0 Å². The monoisotopic (exact) mass is 981 g/mol. The van der Waals surface area contributed by atoms with Crippen LogP contribution in [0.5, 0.6) is 0 Å². The highest BCUT2D eigenvalue weighted by Crippen LogP contribution is 2.42. The lowest BCUT2D eigenvalue weighted by Gasteiger charge is -2.49. The number of methoxy groups -OCH3 is 1. The fraction of sp³-hybridized carbons (Fsp3) is 0.898. The van der Waals surface area contributed by atoms with E-state index < -0.39 is 102 Å². The second-order valence-electron chi connectivity index (χ2n) is 21.8. The molecule has 1 aliphatic carbocycles. The largest absolute Gasteiger partial charge is 0.509 e. The molecule has 0 spiro atoms. The smallest absolute Gasteiger partial charge is 0.458 e. The zero-order valence-electron chi connectivity index (χ0n) is 43.6. The molecule has 3 N–H and O–H groups in total. The van der Waals surface area contributed by atoms with Gasteiger partial charge in [-0.25, -0.2) is 14.3 Å². The van der Waals surface area contributed by atoms with Crippen LogP contribution in [0.4, 0.5) is 9.59 Å². The maximum atomic E-state index is 14.8. The molecule has 0 aromatic carbocycles. The minimum Gasteiger partial charge on any atom is -0.458 e. The number of nitrogens with one attached hydrogen (secondary N) is 1. The molecule has 20 nitrogen and oxygen atoms in total. The number of alkyl carbamates (subject to hydrolysis) is 1. The Bertz CT molecular complexity index is 1870. The number of rotatable bonds is 11. The third kappa shape index (κ3) is 12.5. The van der Waals surface area contributed by atoms with Crippen molar-refractivity contribution in [1.29, 1.82) is 0 Å². The van der Waals surface area contributed by atoms with E-state index in [-0.39, 0.29) is 43.5 Å². The normalized spacial score (nSPS) is 42.4. The summed E-state index contributed by atoms with van der Waals surface area (Å²) in [6.45, 7) is 18.8. The highest BCUT2D eigenvalue weighted by Gasteiger charge is 2.58. The first-order valence-electron chi connectivity index (χ1n) is 25.3. The number of esters is 1. The van der Waals surface area contributed by atoms with E-state index >= 15 is 0 Å². The van der Waals surface area contributed by atoms with Crippen LogP contribution in [0.2, 0.25) is 0 Å². The molecule has 1 aromatic rings. The van der Waals surface area contributed by atoms with Crippen molar-refractivity contribution in [2.24, 2.45) is 17.8 Å². The first-order chi connectivity index (χ1) is 32.4. The number of hydrogen-bond donors (Lipinski definition) is 3. The Labute approximate surface area is 409 Å². The molecule has 5 heterocycles. The highest BCUT2D eigenvalue weighted by atomic mass is 16.8. The van der Waals surface area contributed by atoms with Crippen LogP contribution in [0.3, 0.4) is 0 Å². The van der Waals surface area contributed by atoms with Crippen LogP contribution in [0.15, 0.2) is 6.20 Å². The van der Waals surface area contributed by atoms with Crippen molar-refractivity contribution in [2.75, 3.05) is 34.8 Å². The van der Waals surface area contributed by atoms with Crippen molar-refractivity contribution in [2.45, 2.75) is 230 Å². The number of nitrogens with zero attached hydrogens (tertiary/aromatic N) is 5. The van der Waals surface area contributed by atoms with Gasteiger partial charge in [-0.05, 0) is 108 Å². The third-order valence-corrected chi connectivity index (χ3v) is 15.8. The summed E-state index contributed by atoms with van der Waals surface area (Å²) in [5.41, 5.74) is -3.48. The average Bonchev–Trinajstić information content (AvgIpc) is 3.90. The lowest BCUT2D eigenvalue weighted by Crippen LogP contribution is -2.61. The van der Waals surface area contributed by atoms with E-state index in [0.717, 1.165) is 25.7 Å². The number of ether oxygens (including phenoxy) is 9. The Kier molecular flexibility index (Phi) is 18.1. The summed E-state index contributed by atoms with van der Waals surface area (Å²) < 4.78 is 58.7. The van der Waals surface area contributed by atoms with Crippen molar-refractivity contribution in [3.63, 3.8) is 0 Å². The Balaban J connectivity index is 1.29. The maximum Gasteiger partial charge on any atom is 0.509 e. The molecular weight excluding hydrogens is 897 g/mol. The molecule has 0 radical (unpaired) electrons. The molecule has 5 fully saturated rings. The highest BCUT2D eigenvalue weighted by molar-refractivity contribution is 5.73. The van der Waals surface area contributed by atoms with Crippen LogP contribution in [-0.2, 0) is 54.0 Å². The summed E-state index contributed by atoms with van der Waals surface area (Å²) in [6, 6.07) is -0.380. The quantitative estimate of drug-likeness (QED) is 0.193. The van der Waals surface area contributed by atoms with E-state index in [4.69, 9.17) is 42.6 Å². The van der Waals surface area contributed by atoms with Gasteiger partial charge in [0.05, 0.1) is 54.7 Å². The summed E-state index contributed by atoms with van der Waals surface area (Å²) in [7, 11) is 7.21. The molecule has 5 aliphatic rings. The molecule has 394 valence electrons. The number of likely N-dealkylation sites (N-methyl/N-ethyl adjacent to an activating group) is 2. The minimum atomic E-state index is -1.60. The Hall–Kier alpha value is -3.21. The number of hydrogen-bond acceptors (Lipinski definition) is 18. The van der Waals surface area contributed by atoms with Crippen molar-refractivity contribution < 1.29 is 67.2 Å². The first-order valence-corrected chi connectivity index (χ1v) is 25.3. The van der Waals surface area contributed by atoms with E-state index in [9.17, 15) is 24.6 Å². The van der Waals surface area contributed by atoms with Gasteiger partial charge in [-0.1, -0.05) is 45.2 Å². The molecular formula is C49H84N6O14. The molecule has 1 saturated carbocycles. The number of amides is 1. The van der Waals surface area contributed by atoms with Gasteiger partial charge < -0.3 is 63.1 Å². The van der Waals surface area contributed by atoms with Gasteiger partial charge in [0.15, 0.2) is 30.4 Å². The zero-order valence-corrected chi connectivity index (χ0v) is 43.6. The van der Waals surface area contributed by atoms with Crippen LogP contribution in [-0.4, -0.2) is 178 Å². The van der Waals surface area contributed by atoms with E-state index in [2.05, 4.69) is 15.6 Å². The Morgan fingerprint density at radius 1 is 0.986 bits per heavy atom. The molecule has 1 amide bonds. The number of aliphatic hydroxyl groups excluding tert-OH is 1. The zero-order chi connectivity index (χ0) is 50.7. The van der Waals surface area contributed by atoms with Crippen LogP contribution in [0, 0.1) is 17.8 Å². The summed E-state index contributed by atoms with van der Waals surface area (Å²) in [5.74, 6) is -2.67. The van der Waals surface area contributed by atoms with Crippen molar-refractivity contribution in [3.05, 3.63) is 11.9 Å². The predicted molar refractivity (Wildman–Crippen MR) is 251 cm³/mol. The number of aromatic nitrogens is 3. The van der Waals surface area contributed by atoms with Crippen molar-refractivity contribution in [1.82, 2.24) is 30.1 Å². The lowest BCUT2D eigenvalue weighted by molar-refractivity contribution is -0.317. The second-order valence-corrected chi connectivity index (χ2v) is 21.8. The van der Waals surface area contributed by atoms with Gasteiger partial charge >= 0.3 is 18.2 Å². The van der Waals surface area contributed by atoms with Gasteiger partial charge in [-0.2, -0.15) is 0 Å². The number of aliphatic hydroxyl groups is 2. The lowest BCUT2D eigenvalue weighted by atomic mass is 9.77. The molecule has 6 rings (SSSR count). The number of carbonyl (C=O) groups excluding carboxylic acids is 3. The van der Waals surface area contributed by atoms with E-state index in [1.165, 1.54) is 13.5 Å². The molecule has 0 unspecified atom stereocenters. The van der Waals surface area contributed by atoms with Gasteiger partial charge in [0.1, 0.15) is 23.5 Å². The Morgan fingerprint density at radius 2 is 1.68 bits per heavy atom. The standard InChI is InChI=1S/C49H84N6O14/c1-15-36-49(10)41(68-46(59)69-49)31(6)54(13)25-27(2)22-47(8,60)40(66-44-38(56)35(53(11)12)21-28(3)62-44)29(4)39(30(5)43(57)64-36)65-37-23-48(9,61-14)42(32(7)63-37)67-45(58)50-24-33-26-55(52-51-33)34-19-17-16-18-20-34/h26-32,34-42,44,56,60H,15-25H2,1-14H3,(H,50,58)/t27-,28-,29+,30-,31-,32+,35+,36-,37+,38-,39+,40-,41-,42+,44+,47-,48-,49-/m1/s1. The molecule has 18 atom stereocenters. The SMILES string of the molecule is CC[C@H]1OC(=O)[C@H](C)[C@@H](O[C@H]2C[C@@](C)(OC)[C@@H](OC(=O)NCc3cn(C4CCCCC4)nn3)[C@H](C)O2)[C@H](C)[C@@H](O[C@@H]2O[C@H](C)C[C@H](N(C)C)[C@H]2O)[C@](C)(O)C[C@@H](C)CN(C)[C@H](C)[C@H]2OC(=O)O[C@@]21C. The predicted octanol–water partition coefficient (Wildman–Crippen LogP) is 5.11. The fourth-order valence-corrected chi connectivity index (χ4v) is 11.8. The Morgan fingerprint density at radius 3 is 2.33 bits per heavy atom. The molecule has 1 aromatic heterocycles. The molecule has 69 heavy (non-hydrogen) atoms. The summed E-state index contributed by atoms with van der Waals surface area (Å²) in [4.78, 5) is 45.0. The van der Waals surface area contributed by atoms with E-state index in [1.807, 2.05) is 83.4 Å². The third-order valence-electron chi connectivity index (χ3n) is 15.8. The molecule has 0 bridgehead atoms. The van der Waals surface area contributed by atoms with Gasteiger partial charge in [0.2, 0.25) is 0 Å². The maximum absolute atomic E-state index is 14.8. The fourth-order valence-electron chi connectivity index (χ4n) is 11.8. The van der Waals surface area contributed by atoms with Gasteiger partial charge in [-0.3, -0.25) is 9.69 Å².